The summed E-state index contributed by atoms with van der Waals surface area (Å²) in [6.07, 6.45) is 0. The Hall–Kier alpha value is -3.12. The first-order valence-corrected chi connectivity index (χ1v) is 10.3. The summed E-state index contributed by atoms with van der Waals surface area (Å²) < 4.78 is 28.1. The Morgan fingerprint density at radius 2 is 1.54 bits per heavy atom. The van der Waals surface area contributed by atoms with E-state index >= 15 is 0 Å². The molecular weight excluding hydrogens is 372 g/mol. The van der Waals surface area contributed by atoms with Crippen LogP contribution < -0.4 is 10.0 Å². The van der Waals surface area contributed by atoms with E-state index in [9.17, 15) is 13.2 Å². The van der Waals surface area contributed by atoms with Crippen molar-refractivity contribution in [2.24, 2.45) is 0 Å². The van der Waals surface area contributed by atoms with Crippen LogP contribution in [0.3, 0.4) is 0 Å². The Balaban J connectivity index is 1.84. The number of hydrogen-bond acceptors (Lipinski definition) is 3. The number of nitrogens with one attached hydrogen (secondary N) is 2. The molecule has 0 spiro atoms. The van der Waals surface area contributed by atoms with Crippen molar-refractivity contribution in [3.05, 3.63) is 89.0 Å². The summed E-state index contributed by atoms with van der Waals surface area (Å²) in [5, 5.41) is 2.79. The van der Waals surface area contributed by atoms with Gasteiger partial charge in [0.25, 0.3) is 15.9 Å². The van der Waals surface area contributed by atoms with Crippen LogP contribution in [0.15, 0.2) is 71.6 Å². The molecule has 0 fully saturated rings. The summed E-state index contributed by atoms with van der Waals surface area (Å²) in [5.41, 5.74) is 4.34. The molecule has 6 heteroatoms. The predicted molar refractivity (Wildman–Crippen MR) is 112 cm³/mol. The lowest BCUT2D eigenvalue weighted by atomic mass is 10.1. The first-order valence-electron chi connectivity index (χ1n) is 8.83. The number of carbonyl (C=O) groups excluding carboxylic acids is 1. The fraction of sp³-hybridized carbons (Fsp3) is 0.136. The molecule has 0 aliphatic heterocycles. The summed E-state index contributed by atoms with van der Waals surface area (Å²) in [6, 6.07) is 18.9. The van der Waals surface area contributed by atoms with Crippen LogP contribution in [0.1, 0.15) is 27.0 Å². The number of benzene rings is 3. The number of amides is 1. The quantitative estimate of drug-likeness (QED) is 0.661. The molecule has 1 amide bonds. The van der Waals surface area contributed by atoms with Crippen LogP contribution in [-0.4, -0.2) is 14.3 Å². The minimum absolute atomic E-state index is 0.0318. The van der Waals surface area contributed by atoms with E-state index in [0.717, 1.165) is 16.7 Å². The van der Waals surface area contributed by atoms with Crippen molar-refractivity contribution < 1.29 is 13.2 Å². The summed E-state index contributed by atoms with van der Waals surface area (Å²) in [5.74, 6) is -0.367. The van der Waals surface area contributed by atoms with Crippen LogP contribution >= 0.6 is 0 Å². The van der Waals surface area contributed by atoms with E-state index in [1.165, 1.54) is 12.1 Å². The van der Waals surface area contributed by atoms with E-state index < -0.39 is 10.0 Å². The molecule has 0 heterocycles. The number of sulfonamides is 1. The van der Waals surface area contributed by atoms with Crippen molar-refractivity contribution in [1.29, 1.82) is 0 Å². The van der Waals surface area contributed by atoms with E-state index in [4.69, 9.17) is 0 Å². The van der Waals surface area contributed by atoms with Crippen molar-refractivity contribution in [2.75, 3.05) is 10.0 Å². The second-order valence-electron chi connectivity index (χ2n) is 6.78. The van der Waals surface area contributed by atoms with E-state index in [2.05, 4.69) is 10.0 Å². The van der Waals surface area contributed by atoms with Gasteiger partial charge in [-0.1, -0.05) is 35.9 Å². The van der Waals surface area contributed by atoms with Crippen molar-refractivity contribution in [3.8, 4) is 0 Å². The number of aryl methyl sites for hydroxylation is 3. The Kier molecular flexibility index (Phi) is 5.51. The third-order valence-electron chi connectivity index (χ3n) is 4.31. The first-order chi connectivity index (χ1) is 13.2. The van der Waals surface area contributed by atoms with Crippen molar-refractivity contribution >= 4 is 27.3 Å². The van der Waals surface area contributed by atoms with Gasteiger partial charge in [-0.2, -0.15) is 0 Å². The zero-order valence-electron chi connectivity index (χ0n) is 16.0. The molecule has 0 aliphatic carbocycles. The Bertz CT molecular complexity index is 1140. The Morgan fingerprint density at radius 3 is 2.25 bits per heavy atom. The molecule has 144 valence electrons. The molecular formula is C22H22N2O3S. The Labute approximate surface area is 165 Å². The average molecular weight is 394 g/mol. The zero-order chi connectivity index (χ0) is 20.3. The molecule has 3 rings (SSSR count). The number of anilines is 2. The van der Waals surface area contributed by atoms with E-state index in [1.807, 2.05) is 51.1 Å². The molecule has 0 aromatic heterocycles. The van der Waals surface area contributed by atoms with Gasteiger partial charge in [0.2, 0.25) is 0 Å². The second-order valence-corrected chi connectivity index (χ2v) is 8.46. The van der Waals surface area contributed by atoms with Gasteiger partial charge in [-0.25, -0.2) is 8.42 Å². The number of rotatable bonds is 5. The maximum Gasteiger partial charge on any atom is 0.261 e. The van der Waals surface area contributed by atoms with Gasteiger partial charge in [0.15, 0.2) is 0 Å². The molecule has 0 atom stereocenters. The molecule has 3 aromatic carbocycles. The van der Waals surface area contributed by atoms with E-state index in [-0.39, 0.29) is 16.4 Å². The Morgan fingerprint density at radius 1 is 0.821 bits per heavy atom. The minimum Gasteiger partial charge on any atom is -0.322 e. The highest BCUT2D eigenvalue weighted by Gasteiger charge is 2.17. The maximum absolute atomic E-state index is 12.8. The lowest BCUT2D eigenvalue weighted by Gasteiger charge is -2.12. The highest BCUT2D eigenvalue weighted by molar-refractivity contribution is 7.92. The summed E-state index contributed by atoms with van der Waals surface area (Å²) in [4.78, 5) is 12.6. The summed E-state index contributed by atoms with van der Waals surface area (Å²) in [6.45, 7) is 5.72. The highest BCUT2D eigenvalue weighted by atomic mass is 32.2. The zero-order valence-corrected chi connectivity index (χ0v) is 16.8. The standard InChI is InChI=1S/C22H22N2O3S/c1-15-6-4-8-19(13-15)23-22(25)18-7-5-9-20(14-18)28(26,27)24-21-11-10-16(2)12-17(21)3/h4-14,24H,1-3H3,(H,23,25). The largest absolute Gasteiger partial charge is 0.322 e. The van der Waals surface area contributed by atoms with Crippen LogP contribution in [-0.2, 0) is 10.0 Å². The molecule has 0 aliphatic rings. The lowest BCUT2D eigenvalue weighted by Crippen LogP contribution is -2.16. The number of carbonyl (C=O) groups is 1. The van der Waals surface area contributed by atoms with Crippen molar-refractivity contribution in [2.45, 2.75) is 25.7 Å². The molecule has 0 bridgehead atoms. The van der Waals surface area contributed by atoms with E-state index in [0.29, 0.717) is 11.4 Å². The van der Waals surface area contributed by atoms with Gasteiger partial charge in [-0.3, -0.25) is 9.52 Å². The fourth-order valence-electron chi connectivity index (χ4n) is 2.86. The normalized spacial score (nSPS) is 11.1. The lowest BCUT2D eigenvalue weighted by molar-refractivity contribution is 0.102. The van der Waals surface area contributed by atoms with Gasteiger partial charge < -0.3 is 5.32 Å². The second kappa shape index (κ2) is 7.86. The summed E-state index contributed by atoms with van der Waals surface area (Å²) >= 11 is 0. The highest BCUT2D eigenvalue weighted by Crippen LogP contribution is 2.22. The summed E-state index contributed by atoms with van der Waals surface area (Å²) in [7, 11) is -3.81. The predicted octanol–water partition coefficient (Wildman–Crippen LogP) is 4.66. The topological polar surface area (TPSA) is 75.3 Å². The molecule has 0 radical (unpaired) electrons. The molecule has 28 heavy (non-hydrogen) atoms. The van der Waals surface area contributed by atoms with Crippen LogP contribution in [0.25, 0.3) is 0 Å². The van der Waals surface area contributed by atoms with Crippen molar-refractivity contribution in [1.82, 2.24) is 0 Å². The molecule has 0 saturated heterocycles. The van der Waals surface area contributed by atoms with Crippen LogP contribution in [0.5, 0.6) is 0 Å². The monoisotopic (exact) mass is 394 g/mol. The average Bonchev–Trinajstić information content (AvgIpc) is 2.64. The van der Waals surface area contributed by atoms with Crippen molar-refractivity contribution in [3.63, 3.8) is 0 Å². The van der Waals surface area contributed by atoms with Gasteiger partial charge in [0, 0.05) is 11.3 Å². The maximum atomic E-state index is 12.8. The third kappa shape index (κ3) is 4.58. The van der Waals surface area contributed by atoms with Gasteiger partial charge in [-0.15, -0.1) is 0 Å². The fourth-order valence-corrected chi connectivity index (χ4v) is 4.04. The van der Waals surface area contributed by atoms with Crippen LogP contribution in [0.2, 0.25) is 0 Å². The smallest absolute Gasteiger partial charge is 0.261 e. The van der Waals surface area contributed by atoms with Gasteiger partial charge in [-0.05, 0) is 68.3 Å². The minimum atomic E-state index is -3.81. The molecule has 0 saturated carbocycles. The molecule has 0 unspecified atom stereocenters. The van der Waals surface area contributed by atoms with Gasteiger partial charge >= 0.3 is 0 Å². The van der Waals surface area contributed by atoms with Crippen LogP contribution in [0, 0.1) is 20.8 Å². The molecule has 2 N–H and O–H groups in total. The van der Waals surface area contributed by atoms with Crippen LogP contribution in [0.4, 0.5) is 11.4 Å². The van der Waals surface area contributed by atoms with Gasteiger partial charge in [0.1, 0.15) is 0 Å². The molecule has 5 nitrogen and oxygen atoms in total. The first kappa shape index (κ1) is 19.6. The SMILES string of the molecule is Cc1cccc(NC(=O)c2cccc(S(=O)(=O)Nc3ccc(C)cc3C)c2)c1. The van der Waals surface area contributed by atoms with E-state index in [1.54, 1.807) is 24.3 Å². The van der Waals surface area contributed by atoms with Gasteiger partial charge in [0.05, 0.1) is 10.6 Å². The third-order valence-corrected chi connectivity index (χ3v) is 5.67. The number of hydrogen-bond donors (Lipinski definition) is 2. The molecule has 3 aromatic rings.